The molecule has 5 heteroatoms. The van der Waals surface area contributed by atoms with Gasteiger partial charge in [0.1, 0.15) is 12.4 Å². The summed E-state index contributed by atoms with van der Waals surface area (Å²) in [6, 6.07) is 15.1. The minimum Gasteiger partial charge on any atom is -0.325 e. The van der Waals surface area contributed by atoms with E-state index in [0.29, 0.717) is 17.2 Å². The van der Waals surface area contributed by atoms with Crippen LogP contribution in [0.3, 0.4) is 0 Å². The fraction of sp³-hybridized carbons (Fsp3) is 0.167. The number of carbonyl (C=O) groups excluding carboxylic acids is 1. The molecule has 0 radical (unpaired) electrons. The van der Waals surface area contributed by atoms with E-state index in [9.17, 15) is 9.59 Å². The normalized spacial score (nSPS) is 10.7. The summed E-state index contributed by atoms with van der Waals surface area (Å²) in [6.07, 6.45) is 0. The first-order valence-corrected chi connectivity index (χ1v) is 7.37. The molecule has 0 saturated carbocycles. The van der Waals surface area contributed by atoms with E-state index < -0.39 is 0 Å². The molecule has 0 bridgehead atoms. The molecule has 0 saturated heterocycles. The van der Waals surface area contributed by atoms with Gasteiger partial charge in [-0.05, 0) is 36.8 Å². The molecule has 0 unspecified atom stereocenters. The number of hydrogen-bond acceptors (Lipinski definition) is 3. The number of nitrogens with one attached hydrogen (secondary N) is 1. The molecule has 1 N–H and O–H groups in total. The van der Waals surface area contributed by atoms with Crippen molar-refractivity contribution in [3.8, 4) is 0 Å². The zero-order chi connectivity index (χ0) is 16.4. The SMILES string of the molecule is Cc1cc(=O)n(CC(=O)Nc2ccc3ccccc3c2)c(C)n1. The fourth-order valence-electron chi connectivity index (χ4n) is 2.57. The van der Waals surface area contributed by atoms with Crippen LogP contribution in [0.4, 0.5) is 5.69 Å². The Morgan fingerprint density at radius 3 is 2.57 bits per heavy atom. The number of fused-ring (bicyclic) bond motifs is 1. The average Bonchev–Trinajstić information content (AvgIpc) is 2.51. The van der Waals surface area contributed by atoms with Gasteiger partial charge in [0.05, 0.1) is 0 Å². The third kappa shape index (κ3) is 3.29. The third-order valence-corrected chi connectivity index (χ3v) is 3.66. The number of nitrogens with zero attached hydrogens (tertiary/aromatic N) is 2. The Morgan fingerprint density at radius 1 is 1.09 bits per heavy atom. The Bertz CT molecular complexity index is 944. The van der Waals surface area contributed by atoms with Crippen LogP contribution in [-0.4, -0.2) is 15.5 Å². The molecule has 0 aliphatic carbocycles. The molecule has 0 aliphatic heterocycles. The van der Waals surface area contributed by atoms with E-state index in [1.54, 1.807) is 13.8 Å². The predicted octanol–water partition coefficient (Wildman–Crippen LogP) is 2.65. The molecule has 3 rings (SSSR count). The summed E-state index contributed by atoms with van der Waals surface area (Å²) in [5.41, 5.74) is 1.14. The summed E-state index contributed by atoms with van der Waals surface area (Å²) in [6.45, 7) is 3.43. The van der Waals surface area contributed by atoms with Gasteiger partial charge in [-0.25, -0.2) is 4.98 Å². The maximum Gasteiger partial charge on any atom is 0.254 e. The second-order valence-electron chi connectivity index (χ2n) is 5.48. The van der Waals surface area contributed by atoms with Crippen molar-refractivity contribution < 1.29 is 4.79 Å². The second kappa shape index (κ2) is 6.04. The van der Waals surface area contributed by atoms with Gasteiger partial charge >= 0.3 is 0 Å². The number of anilines is 1. The Labute approximate surface area is 133 Å². The van der Waals surface area contributed by atoms with Crippen LogP contribution in [0.2, 0.25) is 0 Å². The molecule has 2 aromatic carbocycles. The summed E-state index contributed by atoms with van der Waals surface area (Å²) in [4.78, 5) is 28.4. The zero-order valence-electron chi connectivity index (χ0n) is 13.0. The van der Waals surface area contributed by atoms with Crippen molar-refractivity contribution in [2.45, 2.75) is 20.4 Å². The van der Waals surface area contributed by atoms with E-state index in [-0.39, 0.29) is 18.0 Å². The number of carbonyl (C=O) groups is 1. The topological polar surface area (TPSA) is 64.0 Å². The Hall–Kier alpha value is -2.95. The van der Waals surface area contributed by atoms with Gasteiger partial charge in [-0.15, -0.1) is 0 Å². The second-order valence-corrected chi connectivity index (χ2v) is 5.48. The number of aromatic nitrogens is 2. The summed E-state index contributed by atoms with van der Waals surface area (Å²) in [5.74, 6) is 0.278. The van der Waals surface area contributed by atoms with Crippen molar-refractivity contribution in [2.75, 3.05) is 5.32 Å². The summed E-state index contributed by atoms with van der Waals surface area (Å²) >= 11 is 0. The third-order valence-electron chi connectivity index (χ3n) is 3.66. The number of amides is 1. The van der Waals surface area contributed by atoms with Gasteiger partial charge in [-0.3, -0.25) is 14.2 Å². The highest BCUT2D eigenvalue weighted by molar-refractivity contribution is 5.94. The van der Waals surface area contributed by atoms with E-state index in [1.165, 1.54) is 10.6 Å². The molecule has 116 valence electrons. The molecule has 1 heterocycles. The quantitative estimate of drug-likeness (QED) is 0.809. The minimum atomic E-state index is -0.254. The standard InChI is InChI=1S/C18H17N3O2/c1-12-9-18(23)21(13(2)19-12)11-17(22)20-16-8-7-14-5-3-4-6-15(14)10-16/h3-10H,11H2,1-2H3,(H,20,22). The van der Waals surface area contributed by atoms with Crippen LogP contribution in [0.25, 0.3) is 10.8 Å². The van der Waals surface area contributed by atoms with Crippen LogP contribution in [-0.2, 0) is 11.3 Å². The van der Waals surface area contributed by atoms with Crippen molar-refractivity contribution in [1.29, 1.82) is 0 Å². The van der Waals surface area contributed by atoms with Crippen LogP contribution < -0.4 is 10.9 Å². The van der Waals surface area contributed by atoms with Crippen LogP contribution in [0, 0.1) is 13.8 Å². The lowest BCUT2D eigenvalue weighted by Gasteiger charge is -2.10. The lowest BCUT2D eigenvalue weighted by atomic mass is 10.1. The Kier molecular flexibility index (Phi) is 3.93. The molecule has 5 nitrogen and oxygen atoms in total. The monoisotopic (exact) mass is 307 g/mol. The largest absolute Gasteiger partial charge is 0.325 e. The molecule has 0 spiro atoms. The lowest BCUT2D eigenvalue weighted by Crippen LogP contribution is -2.29. The first-order valence-electron chi connectivity index (χ1n) is 7.37. The average molecular weight is 307 g/mol. The van der Waals surface area contributed by atoms with Gasteiger partial charge in [0.15, 0.2) is 0 Å². The van der Waals surface area contributed by atoms with Crippen molar-refractivity contribution >= 4 is 22.4 Å². The molecule has 3 aromatic rings. The van der Waals surface area contributed by atoms with Crippen LogP contribution in [0.5, 0.6) is 0 Å². The van der Waals surface area contributed by atoms with E-state index in [1.807, 2.05) is 42.5 Å². The van der Waals surface area contributed by atoms with Crippen molar-refractivity contribution in [2.24, 2.45) is 0 Å². The molecule has 0 atom stereocenters. The maximum atomic E-state index is 12.2. The number of aryl methyl sites for hydroxylation is 2. The zero-order valence-corrected chi connectivity index (χ0v) is 13.0. The van der Waals surface area contributed by atoms with Gasteiger partial charge in [-0.2, -0.15) is 0 Å². The first kappa shape index (κ1) is 15.0. The van der Waals surface area contributed by atoms with Crippen LogP contribution >= 0.6 is 0 Å². The highest BCUT2D eigenvalue weighted by Crippen LogP contribution is 2.18. The van der Waals surface area contributed by atoms with E-state index in [0.717, 1.165) is 10.8 Å². The number of rotatable bonds is 3. The van der Waals surface area contributed by atoms with Gasteiger partial charge in [0.2, 0.25) is 5.91 Å². The number of hydrogen-bond donors (Lipinski definition) is 1. The summed E-state index contributed by atoms with van der Waals surface area (Å²) in [7, 11) is 0. The molecule has 0 fully saturated rings. The van der Waals surface area contributed by atoms with Gasteiger partial charge in [-0.1, -0.05) is 30.3 Å². The van der Waals surface area contributed by atoms with Crippen LogP contribution in [0.15, 0.2) is 53.3 Å². The Morgan fingerprint density at radius 2 is 1.83 bits per heavy atom. The van der Waals surface area contributed by atoms with Crippen molar-refractivity contribution in [3.05, 3.63) is 70.4 Å². The van der Waals surface area contributed by atoms with Gasteiger partial charge in [0, 0.05) is 17.4 Å². The summed E-state index contributed by atoms with van der Waals surface area (Å²) in [5, 5.41) is 4.99. The molecule has 1 amide bonds. The maximum absolute atomic E-state index is 12.2. The molecular weight excluding hydrogens is 290 g/mol. The van der Waals surface area contributed by atoms with E-state index in [4.69, 9.17) is 0 Å². The molecular formula is C18H17N3O2. The van der Waals surface area contributed by atoms with Gasteiger partial charge < -0.3 is 5.32 Å². The molecule has 0 aliphatic rings. The summed E-state index contributed by atoms with van der Waals surface area (Å²) < 4.78 is 1.36. The molecule has 23 heavy (non-hydrogen) atoms. The van der Waals surface area contributed by atoms with Crippen molar-refractivity contribution in [3.63, 3.8) is 0 Å². The lowest BCUT2D eigenvalue weighted by molar-refractivity contribution is -0.116. The first-order chi connectivity index (χ1) is 11.0. The smallest absolute Gasteiger partial charge is 0.254 e. The van der Waals surface area contributed by atoms with E-state index in [2.05, 4.69) is 10.3 Å². The van der Waals surface area contributed by atoms with Gasteiger partial charge in [0.25, 0.3) is 5.56 Å². The predicted molar refractivity (Wildman–Crippen MR) is 90.5 cm³/mol. The van der Waals surface area contributed by atoms with Crippen molar-refractivity contribution in [1.82, 2.24) is 9.55 Å². The van der Waals surface area contributed by atoms with E-state index >= 15 is 0 Å². The molecule has 1 aromatic heterocycles. The fourth-order valence-corrected chi connectivity index (χ4v) is 2.57. The number of benzene rings is 2. The highest BCUT2D eigenvalue weighted by atomic mass is 16.2. The Balaban J connectivity index is 1.80. The van der Waals surface area contributed by atoms with Crippen LogP contribution in [0.1, 0.15) is 11.5 Å². The highest BCUT2D eigenvalue weighted by Gasteiger charge is 2.09. The minimum absolute atomic E-state index is 0.0508.